The first-order chi connectivity index (χ1) is 15.0. The normalized spacial score (nSPS) is 15.5. The molecular formula is C26H20ClNO3. The zero-order valence-electron chi connectivity index (χ0n) is 17.0. The number of benzene rings is 3. The van der Waals surface area contributed by atoms with Crippen LogP contribution in [0.3, 0.4) is 0 Å². The number of hydrogen-bond acceptors (Lipinski definition) is 3. The molecule has 0 N–H and O–H groups in total. The van der Waals surface area contributed by atoms with Crippen molar-refractivity contribution in [3.63, 3.8) is 0 Å². The van der Waals surface area contributed by atoms with Crippen molar-refractivity contribution in [2.45, 2.75) is 19.4 Å². The minimum atomic E-state index is -0.536. The van der Waals surface area contributed by atoms with E-state index in [-0.39, 0.29) is 17.1 Å². The SMILES string of the molecule is Cc1ccc2oc3c(c(=O)c2c1)C(c1cccc(Cl)c1)N(CCc1ccccc1)C3=O. The van der Waals surface area contributed by atoms with Crippen LogP contribution in [0.1, 0.15) is 38.9 Å². The highest BCUT2D eigenvalue weighted by Crippen LogP contribution is 2.38. The van der Waals surface area contributed by atoms with Gasteiger partial charge in [-0.15, -0.1) is 0 Å². The molecule has 1 atom stereocenters. The largest absolute Gasteiger partial charge is 0.450 e. The van der Waals surface area contributed by atoms with E-state index in [1.165, 1.54) is 0 Å². The minimum Gasteiger partial charge on any atom is -0.450 e. The lowest BCUT2D eigenvalue weighted by molar-refractivity contribution is 0.0730. The maximum absolute atomic E-state index is 13.5. The molecule has 4 nitrogen and oxygen atoms in total. The molecule has 2 heterocycles. The van der Waals surface area contributed by atoms with Gasteiger partial charge in [0.2, 0.25) is 5.76 Å². The Labute approximate surface area is 184 Å². The van der Waals surface area contributed by atoms with Crippen molar-refractivity contribution in [1.82, 2.24) is 4.90 Å². The van der Waals surface area contributed by atoms with Crippen LogP contribution in [0, 0.1) is 6.92 Å². The van der Waals surface area contributed by atoms with Gasteiger partial charge in [-0.2, -0.15) is 0 Å². The van der Waals surface area contributed by atoms with Crippen LogP contribution in [0.25, 0.3) is 11.0 Å². The van der Waals surface area contributed by atoms with Crippen LogP contribution in [0.5, 0.6) is 0 Å². The second-order valence-electron chi connectivity index (χ2n) is 7.87. The quantitative estimate of drug-likeness (QED) is 0.427. The summed E-state index contributed by atoms with van der Waals surface area (Å²) in [6, 6.07) is 22.2. The van der Waals surface area contributed by atoms with Gasteiger partial charge in [-0.05, 0) is 48.7 Å². The van der Waals surface area contributed by atoms with Gasteiger partial charge in [0.1, 0.15) is 5.58 Å². The van der Waals surface area contributed by atoms with E-state index < -0.39 is 6.04 Å². The van der Waals surface area contributed by atoms with Gasteiger partial charge in [0, 0.05) is 11.6 Å². The summed E-state index contributed by atoms with van der Waals surface area (Å²) in [6.07, 6.45) is 0.671. The average molecular weight is 430 g/mol. The van der Waals surface area contributed by atoms with E-state index in [9.17, 15) is 9.59 Å². The minimum absolute atomic E-state index is 0.124. The molecule has 1 aliphatic heterocycles. The Morgan fingerprint density at radius 1 is 0.968 bits per heavy atom. The van der Waals surface area contributed by atoms with E-state index in [1.807, 2.05) is 67.6 Å². The predicted molar refractivity (Wildman–Crippen MR) is 122 cm³/mol. The van der Waals surface area contributed by atoms with Crippen molar-refractivity contribution in [3.05, 3.63) is 116 Å². The molecule has 0 aliphatic carbocycles. The van der Waals surface area contributed by atoms with Crippen molar-refractivity contribution >= 4 is 28.5 Å². The lowest BCUT2D eigenvalue weighted by Crippen LogP contribution is -2.31. The summed E-state index contributed by atoms with van der Waals surface area (Å²) in [5.41, 5.74) is 3.53. The summed E-state index contributed by atoms with van der Waals surface area (Å²) >= 11 is 6.26. The number of amides is 1. The van der Waals surface area contributed by atoms with Gasteiger partial charge in [-0.1, -0.05) is 65.7 Å². The average Bonchev–Trinajstić information content (AvgIpc) is 3.05. The van der Waals surface area contributed by atoms with Crippen molar-refractivity contribution in [2.24, 2.45) is 0 Å². The maximum Gasteiger partial charge on any atom is 0.290 e. The number of nitrogens with zero attached hydrogens (tertiary/aromatic N) is 1. The lowest BCUT2D eigenvalue weighted by atomic mass is 9.98. The second kappa shape index (κ2) is 7.71. The Hall–Kier alpha value is -3.37. The molecule has 31 heavy (non-hydrogen) atoms. The molecule has 5 rings (SSSR count). The smallest absolute Gasteiger partial charge is 0.290 e. The fraction of sp³-hybridized carbons (Fsp3) is 0.154. The maximum atomic E-state index is 13.5. The molecule has 0 saturated heterocycles. The van der Waals surface area contributed by atoms with Crippen LogP contribution >= 0.6 is 11.6 Å². The number of carbonyl (C=O) groups excluding carboxylic acids is 1. The van der Waals surface area contributed by atoms with E-state index in [4.69, 9.17) is 16.0 Å². The molecular weight excluding hydrogens is 410 g/mol. The summed E-state index contributed by atoms with van der Waals surface area (Å²) < 4.78 is 5.99. The van der Waals surface area contributed by atoms with Crippen molar-refractivity contribution < 1.29 is 9.21 Å². The van der Waals surface area contributed by atoms with Crippen LogP contribution in [0.4, 0.5) is 0 Å². The highest BCUT2D eigenvalue weighted by molar-refractivity contribution is 6.30. The van der Waals surface area contributed by atoms with Crippen LogP contribution in [0.2, 0.25) is 5.02 Å². The first-order valence-electron chi connectivity index (χ1n) is 10.2. The van der Waals surface area contributed by atoms with Gasteiger partial charge in [-0.3, -0.25) is 9.59 Å². The Morgan fingerprint density at radius 3 is 2.55 bits per heavy atom. The fourth-order valence-electron chi connectivity index (χ4n) is 4.28. The summed E-state index contributed by atoms with van der Waals surface area (Å²) in [7, 11) is 0. The standard InChI is InChI=1S/C26H20ClNO3/c1-16-10-11-21-20(14-16)24(29)22-23(18-8-5-9-19(27)15-18)28(26(30)25(22)31-21)13-12-17-6-3-2-4-7-17/h2-11,14-15,23H,12-13H2,1H3. The van der Waals surface area contributed by atoms with E-state index >= 15 is 0 Å². The topological polar surface area (TPSA) is 50.5 Å². The number of hydrogen-bond donors (Lipinski definition) is 0. The third kappa shape index (κ3) is 3.43. The molecule has 0 bridgehead atoms. The van der Waals surface area contributed by atoms with Crippen LogP contribution < -0.4 is 5.43 Å². The number of fused-ring (bicyclic) bond motifs is 2. The molecule has 154 valence electrons. The number of halogens is 1. The molecule has 0 radical (unpaired) electrons. The third-order valence-corrected chi connectivity index (χ3v) is 6.00. The Morgan fingerprint density at radius 2 is 1.77 bits per heavy atom. The fourth-order valence-corrected chi connectivity index (χ4v) is 4.48. The first kappa shape index (κ1) is 19.6. The number of rotatable bonds is 4. The van der Waals surface area contributed by atoms with Crippen molar-refractivity contribution in [2.75, 3.05) is 6.54 Å². The predicted octanol–water partition coefficient (Wildman–Crippen LogP) is 5.54. The molecule has 3 aromatic carbocycles. The van der Waals surface area contributed by atoms with Gasteiger partial charge in [0.05, 0.1) is 17.0 Å². The van der Waals surface area contributed by atoms with E-state index in [0.717, 1.165) is 16.7 Å². The Balaban J connectivity index is 1.67. The van der Waals surface area contributed by atoms with Gasteiger partial charge < -0.3 is 9.32 Å². The molecule has 1 aromatic heterocycles. The van der Waals surface area contributed by atoms with Crippen molar-refractivity contribution in [1.29, 1.82) is 0 Å². The number of aryl methyl sites for hydroxylation is 1. The molecule has 0 fully saturated rings. The van der Waals surface area contributed by atoms with Gasteiger partial charge >= 0.3 is 0 Å². The molecule has 0 spiro atoms. The first-order valence-corrected chi connectivity index (χ1v) is 10.6. The summed E-state index contributed by atoms with van der Waals surface area (Å²) in [5, 5.41) is 1.05. The molecule has 0 saturated carbocycles. The van der Waals surface area contributed by atoms with E-state index in [0.29, 0.717) is 34.5 Å². The summed E-state index contributed by atoms with van der Waals surface area (Å²) in [5.74, 6) is -0.144. The van der Waals surface area contributed by atoms with E-state index in [1.54, 1.807) is 17.0 Å². The Kier molecular flexibility index (Phi) is 4.87. The van der Waals surface area contributed by atoms with Gasteiger partial charge in [0.25, 0.3) is 5.91 Å². The molecule has 1 amide bonds. The highest BCUT2D eigenvalue weighted by Gasteiger charge is 2.42. The molecule has 4 aromatic rings. The monoisotopic (exact) mass is 429 g/mol. The van der Waals surface area contributed by atoms with E-state index in [2.05, 4.69) is 0 Å². The Bertz CT molecular complexity index is 1360. The molecule has 5 heteroatoms. The number of carbonyl (C=O) groups is 1. The van der Waals surface area contributed by atoms with Crippen molar-refractivity contribution in [3.8, 4) is 0 Å². The lowest BCUT2D eigenvalue weighted by Gasteiger charge is -2.25. The summed E-state index contributed by atoms with van der Waals surface area (Å²) in [4.78, 5) is 28.7. The van der Waals surface area contributed by atoms with Gasteiger partial charge in [0.15, 0.2) is 5.43 Å². The zero-order valence-corrected chi connectivity index (χ0v) is 17.7. The summed E-state index contributed by atoms with van der Waals surface area (Å²) in [6.45, 7) is 2.39. The highest BCUT2D eigenvalue weighted by atomic mass is 35.5. The van der Waals surface area contributed by atoms with Gasteiger partial charge in [-0.25, -0.2) is 0 Å². The zero-order chi connectivity index (χ0) is 21.5. The molecule has 1 unspecified atom stereocenters. The third-order valence-electron chi connectivity index (χ3n) is 5.77. The van der Waals surface area contributed by atoms with Crippen LogP contribution in [-0.2, 0) is 6.42 Å². The molecule has 1 aliphatic rings. The van der Waals surface area contributed by atoms with Crippen LogP contribution in [0.15, 0.2) is 82.0 Å². The van der Waals surface area contributed by atoms with Crippen LogP contribution in [-0.4, -0.2) is 17.4 Å². The second-order valence-corrected chi connectivity index (χ2v) is 8.30.